The Kier molecular flexibility index (Phi) is 5.85. The summed E-state index contributed by atoms with van der Waals surface area (Å²) in [5, 5.41) is 4.18. The Labute approximate surface area is 156 Å². The van der Waals surface area contributed by atoms with Crippen molar-refractivity contribution in [1.29, 1.82) is 0 Å². The van der Waals surface area contributed by atoms with Crippen LogP contribution in [0.2, 0.25) is 0 Å². The SMILES string of the molecule is COCCC(=O)N1CCCC(C(=O)c2cnn(-c3ccc(F)cc3)c2N)C1. The monoisotopic (exact) mass is 374 g/mol. The molecule has 2 heterocycles. The number of halogens is 1. The molecule has 1 fully saturated rings. The van der Waals surface area contributed by atoms with Gasteiger partial charge in [0.05, 0.1) is 30.5 Å². The first-order chi connectivity index (χ1) is 13.0. The van der Waals surface area contributed by atoms with Crippen molar-refractivity contribution >= 4 is 17.5 Å². The average Bonchev–Trinajstić information content (AvgIpc) is 3.07. The Balaban J connectivity index is 1.74. The van der Waals surface area contributed by atoms with E-state index in [0.29, 0.717) is 43.8 Å². The van der Waals surface area contributed by atoms with E-state index in [9.17, 15) is 14.0 Å². The molecule has 7 nitrogen and oxygen atoms in total. The van der Waals surface area contributed by atoms with Gasteiger partial charge in [0, 0.05) is 26.1 Å². The summed E-state index contributed by atoms with van der Waals surface area (Å²) in [6, 6.07) is 5.71. The van der Waals surface area contributed by atoms with Crippen LogP contribution in [0.25, 0.3) is 5.69 Å². The average molecular weight is 374 g/mol. The molecular formula is C19H23FN4O3. The van der Waals surface area contributed by atoms with E-state index in [4.69, 9.17) is 10.5 Å². The third kappa shape index (κ3) is 4.16. The quantitative estimate of drug-likeness (QED) is 0.782. The van der Waals surface area contributed by atoms with Gasteiger partial charge in [0.2, 0.25) is 5.91 Å². The molecule has 1 saturated heterocycles. The number of nitrogen functional groups attached to an aromatic ring is 1. The maximum atomic E-state index is 13.1. The first-order valence-electron chi connectivity index (χ1n) is 8.91. The molecular weight excluding hydrogens is 351 g/mol. The number of nitrogens with two attached hydrogens (primary N) is 1. The zero-order valence-electron chi connectivity index (χ0n) is 15.2. The van der Waals surface area contributed by atoms with E-state index in [1.807, 2.05) is 0 Å². The van der Waals surface area contributed by atoms with Crippen LogP contribution in [0.15, 0.2) is 30.5 Å². The molecule has 144 valence electrons. The number of carbonyl (C=O) groups is 2. The Morgan fingerprint density at radius 2 is 2.07 bits per heavy atom. The van der Waals surface area contributed by atoms with Crippen molar-refractivity contribution < 1.29 is 18.7 Å². The number of Topliss-reactive ketones (excluding diaryl/α,β-unsaturated/α-hetero) is 1. The molecule has 1 aliphatic heterocycles. The summed E-state index contributed by atoms with van der Waals surface area (Å²) in [5.41, 5.74) is 7.04. The lowest BCUT2D eigenvalue weighted by atomic mass is 9.90. The lowest BCUT2D eigenvalue weighted by Gasteiger charge is -2.32. The largest absolute Gasteiger partial charge is 0.384 e. The minimum Gasteiger partial charge on any atom is -0.384 e. The maximum Gasteiger partial charge on any atom is 0.224 e. The number of likely N-dealkylation sites (tertiary alicyclic amines) is 1. The molecule has 1 aromatic heterocycles. The van der Waals surface area contributed by atoms with Gasteiger partial charge >= 0.3 is 0 Å². The minimum absolute atomic E-state index is 0.00988. The van der Waals surface area contributed by atoms with Gasteiger partial charge in [-0.1, -0.05) is 0 Å². The van der Waals surface area contributed by atoms with E-state index >= 15 is 0 Å². The van der Waals surface area contributed by atoms with Crippen molar-refractivity contribution in [2.24, 2.45) is 5.92 Å². The summed E-state index contributed by atoms with van der Waals surface area (Å²) in [7, 11) is 1.55. The summed E-state index contributed by atoms with van der Waals surface area (Å²) < 4.78 is 19.5. The van der Waals surface area contributed by atoms with Gasteiger partial charge in [0.15, 0.2) is 5.78 Å². The number of benzene rings is 1. The van der Waals surface area contributed by atoms with Crippen LogP contribution in [0.4, 0.5) is 10.2 Å². The van der Waals surface area contributed by atoms with E-state index < -0.39 is 0 Å². The van der Waals surface area contributed by atoms with Crippen molar-refractivity contribution in [2.75, 3.05) is 32.5 Å². The summed E-state index contributed by atoms with van der Waals surface area (Å²) in [6.07, 6.45) is 3.21. The summed E-state index contributed by atoms with van der Waals surface area (Å²) in [4.78, 5) is 26.9. The molecule has 0 saturated carbocycles. The van der Waals surface area contributed by atoms with Crippen LogP contribution in [0, 0.1) is 11.7 Å². The molecule has 0 radical (unpaired) electrons. The number of aromatic nitrogens is 2. The number of amides is 1. The molecule has 0 spiro atoms. The Morgan fingerprint density at radius 3 is 2.78 bits per heavy atom. The van der Waals surface area contributed by atoms with Gasteiger partial charge in [0.25, 0.3) is 0 Å². The number of anilines is 1. The first kappa shape index (κ1) is 19.0. The van der Waals surface area contributed by atoms with E-state index in [1.165, 1.54) is 23.0 Å². The summed E-state index contributed by atoms with van der Waals surface area (Å²) in [5.74, 6) is -0.580. The highest BCUT2D eigenvalue weighted by Gasteiger charge is 2.31. The highest BCUT2D eigenvalue weighted by molar-refractivity contribution is 6.02. The Hall–Kier alpha value is -2.74. The molecule has 1 atom stereocenters. The normalized spacial score (nSPS) is 17.1. The number of carbonyl (C=O) groups excluding carboxylic acids is 2. The number of hydrogen-bond donors (Lipinski definition) is 1. The molecule has 1 aromatic carbocycles. The second-order valence-corrected chi connectivity index (χ2v) is 6.62. The predicted molar refractivity (Wildman–Crippen MR) is 98.1 cm³/mol. The number of hydrogen-bond acceptors (Lipinski definition) is 5. The van der Waals surface area contributed by atoms with Gasteiger partial charge in [-0.2, -0.15) is 5.10 Å². The smallest absolute Gasteiger partial charge is 0.224 e. The van der Waals surface area contributed by atoms with Crippen LogP contribution in [-0.4, -0.2) is 53.2 Å². The molecule has 0 bridgehead atoms. The van der Waals surface area contributed by atoms with Crippen LogP contribution >= 0.6 is 0 Å². The Bertz CT molecular complexity index is 819. The maximum absolute atomic E-state index is 13.1. The Morgan fingerprint density at radius 1 is 1.33 bits per heavy atom. The second-order valence-electron chi connectivity index (χ2n) is 6.62. The third-order valence-corrected chi connectivity index (χ3v) is 4.81. The second kappa shape index (κ2) is 8.30. The van der Waals surface area contributed by atoms with Gasteiger partial charge in [-0.05, 0) is 37.1 Å². The van der Waals surface area contributed by atoms with E-state index in [0.717, 1.165) is 6.42 Å². The molecule has 1 amide bonds. The summed E-state index contributed by atoms with van der Waals surface area (Å²) >= 11 is 0. The van der Waals surface area contributed by atoms with Crippen LogP contribution in [0.1, 0.15) is 29.6 Å². The van der Waals surface area contributed by atoms with Crippen molar-refractivity contribution in [3.8, 4) is 5.69 Å². The molecule has 8 heteroatoms. The molecule has 0 aliphatic carbocycles. The lowest BCUT2D eigenvalue weighted by Crippen LogP contribution is -2.42. The van der Waals surface area contributed by atoms with Crippen molar-refractivity contribution in [3.63, 3.8) is 0 Å². The van der Waals surface area contributed by atoms with Gasteiger partial charge in [-0.15, -0.1) is 0 Å². The number of piperidine rings is 1. The third-order valence-electron chi connectivity index (χ3n) is 4.81. The molecule has 1 unspecified atom stereocenters. The molecule has 1 aliphatic rings. The fourth-order valence-electron chi connectivity index (χ4n) is 3.32. The van der Waals surface area contributed by atoms with Crippen LogP contribution in [0.5, 0.6) is 0 Å². The van der Waals surface area contributed by atoms with E-state index in [1.54, 1.807) is 24.1 Å². The van der Waals surface area contributed by atoms with Crippen molar-refractivity contribution in [2.45, 2.75) is 19.3 Å². The van der Waals surface area contributed by atoms with Crippen LogP contribution in [0.3, 0.4) is 0 Å². The first-order valence-corrected chi connectivity index (χ1v) is 8.91. The molecule has 2 aromatic rings. The lowest BCUT2D eigenvalue weighted by molar-refractivity contribution is -0.133. The predicted octanol–water partition coefficient (Wildman–Crippen LogP) is 2.05. The number of rotatable bonds is 6. The van der Waals surface area contributed by atoms with Crippen molar-refractivity contribution in [1.82, 2.24) is 14.7 Å². The summed E-state index contributed by atoms with van der Waals surface area (Å²) in [6.45, 7) is 1.39. The topological polar surface area (TPSA) is 90.5 Å². The fraction of sp³-hybridized carbons (Fsp3) is 0.421. The van der Waals surface area contributed by atoms with Gasteiger partial charge in [-0.25, -0.2) is 9.07 Å². The standard InChI is InChI=1S/C19H23FN4O3/c1-27-10-8-17(25)23-9-2-3-13(12-23)18(26)16-11-22-24(19(16)21)15-6-4-14(20)5-7-15/h4-7,11,13H,2-3,8-10,12,21H2,1H3. The molecule has 3 rings (SSSR count). The number of nitrogens with zero attached hydrogens (tertiary/aromatic N) is 3. The van der Waals surface area contributed by atoms with Gasteiger partial charge < -0.3 is 15.4 Å². The fourth-order valence-corrected chi connectivity index (χ4v) is 3.32. The van der Waals surface area contributed by atoms with Gasteiger partial charge in [-0.3, -0.25) is 9.59 Å². The highest BCUT2D eigenvalue weighted by atomic mass is 19.1. The van der Waals surface area contributed by atoms with Gasteiger partial charge in [0.1, 0.15) is 11.6 Å². The molecule has 27 heavy (non-hydrogen) atoms. The van der Waals surface area contributed by atoms with Crippen LogP contribution < -0.4 is 5.73 Å². The minimum atomic E-state index is -0.360. The number of ether oxygens (including phenoxy) is 1. The van der Waals surface area contributed by atoms with E-state index in [-0.39, 0.29) is 29.2 Å². The van der Waals surface area contributed by atoms with Crippen molar-refractivity contribution in [3.05, 3.63) is 41.8 Å². The number of ketones is 1. The van der Waals surface area contributed by atoms with E-state index in [2.05, 4.69) is 5.10 Å². The zero-order chi connectivity index (χ0) is 19.4. The number of methoxy groups -OCH3 is 1. The highest BCUT2D eigenvalue weighted by Crippen LogP contribution is 2.25. The molecule has 2 N–H and O–H groups in total. The zero-order valence-corrected chi connectivity index (χ0v) is 15.2. The van der Waals surface area contributed by atoms with Crippen LogP contribution in [-0.2, 0) is 9.53 Å².